The van der Waals surface area contributed by atoms with Gasteiger partial charge >= 0.3 is 0 Å². The highest BCUT2D eigenvalue weighted by molar-refractivity contribution is 6.34. The van der Waals surface area contributed by atoms with E-state index < -0.39 is 0 Å². The van der Waals surface area contributed by atoms with Gasteiger partial charge < -0.3 is 15.5 Å². The summed E-state index contributed by atoms with van der Waals surface area (Å²) in [4.78, 5) is 27.2. The van der Waals surface area contributed by atoms with E-state index in [-0.39, 0.29) is 17.2 Å². The Balaban J connectivity index is 1.70. The van der Waals surface area contributed by atoms with Crippen molar-refractivity contribution >= 4 is 29.1 Å². The number of likely N-dealkylation sites (tertiary alicyclic amines) is 1. The number of rotatable bonds is 3. The van der Waals surface area contributed by atoms with E-state index in [2.05, 4.69) is 10.6 Å². The van der Waals surface area contributed by atoms with Gasteiger partial charge in [-0.15, -0.1) is 0 Å². The van der Waals surface area contributed by atoms with Crippen LogP contribution in [0.3, 0.4) is 0 Å². The lowest BCUT2D eigenvalue weighted by molar-refractivity contribution is -0.117. The number of hydrogen-bond donors (Lipinski definition) is 2. The highest BCUT2D eigenvalue weighted by Gasteiger charge is 2.32. The number of anilines is 1. The summed E-state index contributed by atoms with van der Waals surface area (Å²) in [5.74, 6) is 1.24. The fourth-order valence-corrected chi connectivity index (χ4v) is 4.24. The predicted octanol–water partition coefficient (Wildman–Crippen LogP) is 3.79. The molecular weight excluding hydrogens is 362 g/mol. The largest absolute Gasteiger partial charge is 0.339 e. The van der Waals surface area contributed by atoms with Crippen LogP contribution >= 0.6 is 11.6 Å². The van der Waals surface area contributed by atoms with E-state index in [1.807, 2.05) is 25.7 Å². The molecule has 6 heteroatoms. The molecule has 0 bridgehead atoms. The summed E-state index contributed by atoms with van der Waals surface area (Å²) in [6.07, 6.45) is 2.48. The third-order valence-corrected chi connectivity index (χ3v) is 5.81. The zero-order valence-electron chi connectivity index (χ0n) is 16.5. The van der Waals surface area contributed by atoms with Gasteiger partial charge in [0.2, 0.25) is 5.91 Å². The van der Waals surface area contributed by atoms with Crippen molar-refractivity contribution in [3.8, 4) is 0 Å². The van der Waals surface area contributed by atoms with Crippen LogP contribution in [0.15, 0.2) is 18.2 Å². The monoisotopic (exact) mass is 391 g/mol. The first-order valence-corrected chi connectivity index (χ1v) is 10.2. The normalized spacial score (nSPS) is 22.9. The fourth-order valence-electron chi connectivity index (χ4n) is 4.05. The average molecular weight is 392 g/mol. The van der Waals surface area contributed by atoms with E-state index >= 15 is 0 Å². The highest BCUT2D eigenvalue weighted by atomic mass is 35.5. The molecule has 2 aliphatic rings. The fraction of sp³-hybridized carbons (Fsp3) is 0.619. The first-order valence-electron chi connectivity index (χ1n) is 9.82. The summed E-state index contributed by atoms with van der Waals surface area (Å²) >= 11 is 6.32. The Morgan fingerprint density at radius 2 is 1.81 bits per heavy atom. The van der Waals surface area contributed by atoms with Crippen LogP contribution < -0.4 is 10.6 Å². The van der Waals surface area contributed by atoms with E-state index in [1.165, 1.54) is 0 Å². The standard InChI is InChI=1S/C21H30ClN3O2/c1-21(2,3)11-19(26)24-16-4-5-18(22)17(10-16)20(27)25-8-6-14-12-23-13-15(14)7-9-25/h4-5,10,14-15,23H,6-9,11-13H2,1-3H3,(H,24,26)/t14-,15+. The number of halogens is 1. The third kappa shape index (κ3) is 5.23. The van der Waals surface area contributed by atoms with Crippen LogP contribution in [0.5, 0.6) is 0 Å². The molecule has 0 aliphatic carbocycles. The molecule has 2 aliphatic heterocycles. The van der Waals surface area contributed by atoms with Crippen molar-refractivity contribution in [1.29, 1.82) is 0 Å². The number of nitrogens with zero attached hydrogens (tertiary/aromatic N) is 1. The zero-order valence-corrected chi connectivity index (χ0v) is 17.2. The lowest BCUT2D eigenvalue weighted by atomic mass is 9.92. The summed E-state index contributed by atoms with van der Waals surface area (Å²) in [5.41, 5.74) is 0.997. The van der Waals surface area contributed by atoms with Crippen LogP contribution in [0.25, 0.3) is 0 Å². The summed E-state index contributed by atoms with van der Waals surface area (Å²) in [6.45, 7) is 9.71. The number of carbonyl (C=O) groups is 2. The van der Waals surface area contributed by atoms with Gasteiger partial charge in [0.1, 0.15) is 0 Å². The van der Waals surface area contributed by atoms with Gasteiger partial charge in [-0.3, -0.25) is 9.59 Å². The summed E-state index contributed by atoms with van der Waals surface area (Å²) in [6, 6.07) is 5.15. The van der Waals surface area contributed by atoms with Gasteiger partial charge in [-0.25, -0.2) is 0 Å². The molecule has 0 saturated carbocycles. The molecule has 2 fully saturated rings. The number of nitrogens with one attached hydrogen (secondary N) is 2. The van der Waals surface area contributed by atoms with Crippen LogP contribution in [0.2, 0.25) is 5.02 Å². The van der Waals surface area contributed by atoms with E-state index in [0.29, 0.717) is 34.5 Å². The molecule has 1 aromatic rings. The molecule has 2 saturated heterocycles. The Morgan fingerprint density at radius 1 is 1.19 bits per heavy atom. The van der Waals surface area contributed by atoms with Crippen LogP contribution in [-0.4, -0.2) is 42.9 Å². The molecule has 5 nitrogen and oxygen atoms in total. The van der Waals surface area contributed by atoms with Gasteiger partial charge in [0.15, 0.2) is 0 Å². The second-order valence-corrected chi connectivity index (χ2v) is 9.44. The summed E-state index contributed by atoms with van der Waals surface area (Å²) in [7, 11) is 0. The quantitative estimate of drug-likeness (QED) is 0.824. The molecule has 3 rings (SSSR count). The molecular formula is C21H30ClN3O2. The molecule has 0 unspecified atom stereocenters. The molecule has 27 heavy (non-hydrogen) atoms. The second kappa shape index (κ2) is 8.19. The first kappa shape index (κ1) is 20.2. The molecule has 2 atom stereocenters. The first-order chi connectivity index (χ1) is 12.7. The van der Waals surface area contributed by atoms with Crippen molar-refractivity contribution in [3.63, 3.8) is 0 Å². The van der Waals surface area contributed by atoms with Crippen LogP contribution in [0, 0.1) is 17.3 Å². The molecule has 0 spiro atoms. The second-order valence-electron chi connectivity index (χ2n) is 9.03. The Bertz CT molecular complexity index is 700. The Kier molecular flexibility index (Phi) is 6.11. The number of fused-ring (bicyclic) bond motifs is 1. The Morgan fingerprint density at radius 3 is 2.41 bits per heavy atom. The van der Waals surface area contributed by atoms with Crippen molar-refractivity contribution in [2.24, 2.45) is 17.3 Å². The lowest BCUT2D eigenvalue weighted by Gasteiger charge is -2.22. The van der Waals surface area contributed by atoms with Crippen molar-refractivity contribution in [3.05, 3.63) is 28.8 Å². The van der Waals surface area contributed by atoms with Crippen LogP contribution in [0.4, 0.5) is 5.69 Å². The molecule has 0 aromatic heterocycles. The predicted molar refractivity (Wildman–Crippen MR) is 109 cm³/mol. The van der Waals surface area contributed by atoms with Gasteiger partial charge in [-0.1, -0.05) is 32.4 Å². The number of benzene rings is 1. The van der Waals surface area contributed by atoms with Crippen molar-refractivity contribution in [2.45, 2.75) is 40.0 Å². The van der Waals surface area contributed by atoms with Gasteiger partial charge in [0.25, 0.3) is 5.91 Å². The number of carbonyl (C=O) groups excluding carboxylic acids is 2. The van der Waals surface area contributed by atoms with E-state index in [0.717, 1.165) is 39.0 Å². The maximum absolute atomic E-state index is 13.1. The smallest absolute Gasteiger partial charge is 0.255 e. The average Bonchev–Trinajstić information content (AvgIpc) is 2.93. The summed E-state index contributed by atoms with van der Waals surface area (Å²) < 4.78 is 0. The Hall–Kier alpha value is -1.59. The topological polar surface area (TPSA) is 61.4 Å². The van der Waals surface area contributed by atoms with Gasteiger partial charge in [0, 0.05) is 25.2 Å². The SMILES string of the molecule is CC(C)(C)CC(=O)Nc1ccc(Cl)c(C(=O)N2CC[C@@H]3CNC[C@@H]3CC2)c1. The molecule has 2 N–H and O–H groups in total. The van der Waals surface area contributed by atoms with Crippen molar-refractivity contribution in [2.75, 3.05) is 31.5 Å². The van der Waals surface area contributed by atoms with Crippen molar-refractivity contribution in [1.82, 2.24) is 10.2 Å². The molecule has 2 heterocycles. The minimum atomic E-state index is -0.0892. The number of hydrogen-bond acceptors (Lipinski definition) is 3. The minimum Gasteiger partial charge on any atom is -0.339 e. The van der Waals surface area contributed by atoms with Crippen LogP contribution in [0.1, 0.15) is 50.4 Å². The maximum atomic E-state index is 13.1. The lowest BCUT2D eigenvalue weighted by Crippen LogP contribution is -2.33. The van der Waals surface area contributed by atoms with E-state index in [4.69, 9.17) is 11.6 Å². The Labute approximate surface area is 166 Å². The molecule has 148 valence electrons. The minimum absolute atomic E-state index is 0.0418. The van der Waals surface area contributed by atoms with Gasteiger partial charge in [-0.05, 0) is 61.4 Å². The maximum Gasteiger partial charge on any atom is 0.255 e. The van der Waals surface area contributed by atoms with Crippen LogP contribution in [-0.2, 0) is 4.79 Å². The van der Waals surface area contributed by atoms with E-state index in [9.17, 15) is 9.59 Å². The van der Waals surface area contributed by atoms with Gasteiger partial charge in [-0.2, -0.15) is 0 Å². The van der Waals surface area contributed by atoms with Gasteiger partial charge in [0.05, 0.1) is 10.6 Å². The summed E-state index contributed by atoms with van der Waals surface area (Å²) in [5, 5.41) is 6.78. The zero-order chi connectivity index (χ0) is 19.6. The third-order valence-electron chi connectivity index (χ3n) is 5.48. The molecule has 2 amide bonds. The van der Waals surface area contributed by atoms with E-state index in [1.54, 1.807) is 18.2 Å². The molecule has 0 radical (unpaired) electrons. The van der Waals surface area contributed by atoms with Crippen molar-refractivity contribution < 1.29 is 9.59 Å². The highest BCUT2D eigenvalue weighted by Crippen LogP contribution is 2.29. The molecule has 1 aromatic carbocycles. The number of amides is 2.